The molecule has 0 radical (unpaired) electrons. The number of rotatable bonds is 6. The summed E-state index contributed by atoms with van der Waals surface area (Å²) in [6.07, 6.45) is 0. The maximum absolute atomic E-state index is 13.7. The summed E-state index contributed by atoms with van der Waals surface area (Å²) in [5.74, 6) is -1.04. The molecule has 1 rings (SSSR count). The molecule has 0 aliphatic rings. The third kappa shape index (κ3) is 3.36. The molecule has 0 saturated heterocycles. The first-order chi connectivity index (χ1) is 9.64. The molecule has 1 aromatic rings. The largest absolute Gasteiger partial charge is 0.318 e. The van der Waals surface area contributed by atoms with Crippen LogP contribution in [0.1, 0.15) is 11.1 Å². The summed E-state index contributed by atoms with van der Waals surface area (Å²) in [5.41, 5.74) is -0.845. The summed E-state index contributed by atoms with van der Waals surface area (Å²) in [6.45, 7) is 3.28. The van der Waals surface area contributed by atoms with E-state index in [1.807, 2.05) is 0 Å². The average Bonchev–Trinajstić information content (AvgIpc) is 2.33. The van der Waals surface area contributed by atoms with Crippen LogP contribution in [0.25, 0.3) is 0 Å². The van der Waals surface area contributed by atoms with Crippen LogP contribution in [0.2, 0.25) is 0 Å². The summed E-state index contributed by atoms with van der Waals surface area (Å²) < 4.78 is 39.8. The zero-order chi connectivity index (χ0) is 16.4. The number of halogens is 1. The fourth-order valence-electron chi connectivity index (χ4n) is 2.07. The van der Waals surface area contributed by atoms with Crippen molar-refractivity contribution in [2.75, 3.05) is 27.2 Å². The van der Waals surface area contributed by atoms with Crippen molar-refractivity contribution in [3.8, 4) is 0 Å². The van der Waals surface area contributed by atoms with E-state index in [1.54, 1.807) is 7.05 Å². The van der Waals surface area contributed by atoms with Crippen molar-refractivity contribution in [1.29, 1.82) is 0 Å². The van der Waals surface area contributed by atoms with Crippen LogP contribution in [0.3, 0.4) is 0 Å². The Bertz CT molecular complexity index is 661. The van der Waals surface area contributed by atoms with Crippen molar-refractivity contribution in [1.82, 2.24) is 9.62 Å². The molecule has 9 heteroatoms. The summed E-state index contributed by atoms with van der Waals surface area (Å²) in [5, 5.41) is 13.7. The van der Waals surface area contributed by atoms with E-state index < -0.39 is 26.5 Å². The standard InChI is InChI=1S/C12H18FN3O4S/c1-8-7-10(13)11(16(17)18)9(2)12(8)21(19,20)15(4)6-5-14-3/h7,14H,5-6H2,1-4H3. The van der Waals surface area contributed by atoms with Crippen LogP contribution >= 0.6 is 0 Å². The molecule has 0 aliphatic carbocycles. The maximum atomic E-state index is 13.7. The van der Waals surface area contributed by atoms with Crippen molar-refractivity contribution in [2.45, 2.75) is 18.7 Å². The van der Waals surface area contributed by atoms with Gasteiger partial charge >= 0.3 is 5.69 Å². The van der Waals surface area contributed by atoms with Crippen LogP contribution in [-0.4, -0.2) is 44.8 Å². The molecule has 7 nitrogen and oxygen atoms in total. The molecule has 1 aromatic carbocycles. The van der Waals surface area contributed by atoms with Crippen LogP contribution in [0, 0.1) is 29.8 Å². The fraction of sp³-hybridized carbons (Fsp3) is 0.500. The minimum Gasteiger partial charge on any atom is -0.318 e. The van der Waals surface area contributed by atoms with Gasteiger partial charge in [-0.2, -0.15) is 8.70 Å². The SMILES string of the molecule is CNCCN(C)S(=O)(=O)c1c(C)cc(F)c([N+](=O)[O-])c1C. The Hall–Kier alpha value is -1.58. The zero-order valence-electron chi connectivity index (χ0n) is 12.3. The lowest BCUT2D eigenvalue weighted by atomic mass is 10.1. The molecule has 0 spiro atoms. The van der Waals surface area contributed by atoms with E-state index in [9.17, 15) is 22.9 Å². The highest BCUT2D eigenvalue weighted by Crippen LogP contribution is 2.32. The fourth-order valence-corrected chi connectivity index (χ4v) is 3.67. The second kappa shape index (κ2) is 6.46. The van der Waals surface area contributed by atoms with E-state index in [0.717, 1.165) is 10.4 Å². The second-order valence-electron chi connectivity index (χ2n) is 4.67. The van der Waals surface area contributed by atoms with Crippen LogP contribution in [0.4, 0.5) is 10.1 Å². The third-order valence-electron chi connectivity index (χ3n) is 3.15. The minimum absolute atomic E-state index is 0.145. The minimum atomic E-state index is -3.92. The summed E-state index contributed by atoms with van der Waals surface area (Å²) in [7, 11) is -0.867. The second-order valence-corrected chi connectivity index (χ2v) is 6.65. The lowest BCUT2D eigenvalue weighted by molar-refractivity contribution is -0.388. The predicted molar refractivity (Wildman–Crippen MR) is 76.3 cm³/mol. The molecule has 1 N–H and O–H groups in total. The van der Waals surface area contributed by atoms with Gasteiger partial charge in [0.25, 0.3) is 0 Å². The van der Waals surface area contributed by atoms with Gasteiger partial charge in [0.2, 0.25) is 15.8 Å². The van der Waals surface area contributed by atoms with Gasteiger partial charge in [0.05, 0.1) is 15.4 Å². The van der Waals surface area contributed by atoms with Crippen molar-refractivity contribution < 1.29 is 17.7 Å². The van der Waals surface area contributed by atoms with Gasteiger partial charge in [-0.1, -0.05) is 0 Å². The van der Waals surface area contributed by atoms with Crippen molar-refractivity contribution in [2.24, 2.45) is 0 Å². The zero-order valence-corrected chi connectivity index (χ0v) is 13.1. The summed E-state index contributed by atoms with van der Waals surface area (Å²) in [6, 6.07) is 0.879. The van der Waals surface area contributed by atoms with Crippen LogP contribution in [0.15, 0.2) is 11.0 Å². The van der Waals surface area contributed by atoms with E-state index in [-0.39, 0.29) is 22.6 Å². The van der Waals surface area contributed by atoms with Crippen LogP contribution in [0.5, 0.6) is 0 Å². The number of benzene rings is 1. The Kier molecular flexibility index (Phi) is 5.37. The molecule has 118 valence electrons. The average molecular weight is 319 g/mol. The molecular formula is C12H18FN3O4S. The number of hydrogen-bond donors (Lipinski definition) is 1. The monoisotopic (exact) mass is 319 g/mol. The first kappa shape index (κ1) is 17.5. The van der Waals surface area contributed by atoms with E-state index in [0.29, 0.717) is 6.54 Å². The first-order valence-electron chi connectivity index (χ1n) is 6.19. The smallest absolute Gasteiger partial charge is 0.309 e. The lowest BCUT2D eigenvalue weighted by Gasteiger charge is -2.20. The highest BCUT2D eigenvalue weighted by Gasteiger charge is 2.31. The molecule has 21 heavy (non-hydrogen) atoms. The van der Waals surface area contributed by atoms with Gasteiger partial charge in [-0.25, -0.2) is 8.42 Å². The number of nitrogens with one attached hydrogen (secondary N) is 1. The van der Waals surface area contributed by atoms with Gasteiger partial charge < -0.3 is 5.32 Å². The van der Waals surface area contributed by atoms with Crippen LogP contribution < -0.4 is 5.32 Å². The number of nitro groups is 1. The Morgan fingerprint density at radius 3 is 2.48 bits per heavy atom. The molecule has 0 atom stereocenters. The Balaban J connectivity index is 3.49. The van der Waals surface area contributed by atoms with E-state index in [4.69, 9.17) is 0 Å². The van der Waals surface area contributed by atoms with Gasteiger partial charge in [-0.3, -0.25) is 10.1 Å². The maximum Gasteiger partial charge on any atom is 0.309 e. The molecule has 0 aromatic heterocycles. The van der Waals surface area contributed by atoms with Gasteiger partial charge in [0, 0.05) is 20.1 Å². The number of hydrogen-bond acceptors (Lipinski definition) is 5. The molecule has 0 bridgehead atoms. The Morgan fingerprint density at radius 1 is 1.43 bits per heavy atom. The predicted octanol–water partition coefficient (Wildman–Crippen LogP) is 1.19. The molecule has 0 heterocycles. The van der Waals surface area contributed by atoms with E-state index in [1.165, 1.54) is 20.9 Å². The van der Waals surface area contributed by atoms with Gasteiger partial charge in [0.1, 0.15) is 0 Å². The van der Waals surface area contributed by atoms with Gasteiger partial charge in [-0.15, -0.1) is 0 Å². The van der Waals surface area contributed by atoms with E-state index >= 15 is 0 Å². The first-order valence-corrected chi connectivity index (χ1v) is 7.63. The van der Waals surface area contributed by atoms with Crippen molar-refractivity contribution in [3.05, 3.63) is 33.1 Å². The molecule has 0 saturated carbocycles. The number of sulfonamides is 1. The van der Waals surface area contributed by atoms with Crippen molar-refractivity contribution in [3.63, 3.8) is 0 Å². The van der Waals surface area contributed by atoms with Gasteiger partial charge in [-0.05, 0) is 32.5 Å². The number of aryl methyl sites for hydroxylation is 1. The lowest BCUT2D eigenvalue weighted by Crippen LogP contribution is -2.33. The number of nitrogens with zero attached hydrogens (tertiary/aromatic N) is 2. The normalized spacial score (nSPS) is 11.9. The molecule has 0 aliphatic heterocycles. The molecule has 0 fully saturated rings. The quantitative estimate of drug-likeness (QED) is 0.628. The number of nitro benzene ring substituents is 1. The molecule has 0 amide bonds. The Labute approximate surface area is 123 Å². The molecule has 0 unspecified atom stereocenters. The highest BCUT2D eigenvalue weighted by molar-refractivity contribution is 7.89. The van der Waals surface area contributed by atoms with E-state index in [2.05, 4.69) is 5.32 Å². The Morgan fingerprint density at radius 2 is 2.00 bits per heavy atom. The number of likely N-dealkylation sites (N-methyl/N-ethyl adjacent to an activating group) is 2. The van der Waals surface area contributed by atoms with Crippen molar-refractivity contribution >= 4 is 15.7 Å². The third-order valence-corrected chi connectivity index (χ3v) is 5.30. The molecular weight excluding hydrogens is 301 g/mol. The van der Waals surface area contributed by atoms with Crippen LogP contribution in [-0.2, 0) is 10.0 Å². The summed E-state index contributed by atoms with van der Waals surface area (Å²) >= 11 is 0. The highest BCUT2D eigenvalue weighted by atomic mass is 32.2. The topological polar surface area (TPSA) is 92.6 Å². The van der Waals surface area contributed by atoms with Gasteiger partial charge in [0.15, 0.2) is 0 Å². The summed E-state index contributed by atoms with van der Waals surface area (Å²) in [4.78, 5) is 9.80.